The Hall–Kier alpha value is -3.30. The molecule has 0 aliphatic carbocycles. The summed E-state index contributed by atoms with van der Waals surface area (Å²) in [5, 5.41) is 13.4. The Morgan fingerprint density at radius 2 is 1.91 bits per heavy atom. The minimum absolute atomic E-state index is 0.115. The predicted octanol–water partition coefficient (Wildman–Crippen LogP) is 0.959. The molecule has 9 heteroatoms. The Kier molecular flexibility index (Phi) is 5.59. The summed E-state index contributed by atoms with van der Waals surface area (Å²) in [4.78, 5) is 30.0. The molecule has 4 heterocycles. The number of hydrogen-bond acceptors (Lipinski definition) is 8. The highest BCUT2D eigenvalue weighted by molar-refractivity contribution is 5.55. The topological polar surface area (TPSA) is 99.4 Å². The van der Waals surface area contributed by atoms with Crippen molar-refractivity contribution in [2.75, 3.05) is 42.5 Å². The minimum Gasteiger partial charge on any atom is -0.391 e. The Morgan fingerprint density at radius 3 is 2.62 bits per heavy atom. The molecule has 0 bridgehead atoms. The molecule has 0 amide bonds. The van der Waals surface area contributed by atoms with E-state index in [0.717, 1.165) is 31.7 Å². The monoisotopic (exact) mass is 433 g/mol. The van der Waals surface area contributed by atoms with Crippen LogP contribution in [0.2, 0.25) is 0 Å². The first-order valence-corrected chi connectivity index (χ1v) is 10.9. The third-order valence-electron chi connectivity index (χ3n) is 6.24. The first-order chi connectivity index (χ1) is 15.6. The number of benzene rings is 1. The summed E-state index contributed by atoms with van der Waals surface area (Å²) in [6.07, 6.45) is 3.69. The molecule has 2 fully saturated rings. The molecule has 0 saturated carbocycles. The Morgan fingerprint density at radius 1 is 1.06 bits per heavy atom. The van der Waals surface area contributed by atoms with Gasteiger partial charge in [-0.2, -0.15) is 0 Å². The molecule has 2 aliphatic rings. The van der Waals surface area contributed by atoms with E-state index >= 15 is 0 Å². The van der Waals surface area contributed by atoms with Gasteiger partial charge >= 0.3 is 0 Å². The molecule has 5 rings (SSSR count). The van der Waals surface area contributed by atoms with Gasteiger partial charge in [-0.25, -0.2) is 15.0 Å². The highest BCUT2D eigenvalue weighted by Crippen LogP contribution is 2.26. The lowest BCUT2D eigenvalue weighted by molar-refractivity contribution is 0.198. The van der Waals surface area contributed by atoms with Crippen molar-refractivity contribution < 1.29 is 5.11 Å². The number of aliphatic hydroxyl groups excluding tert-OH is 1. The van der Waals surface area contributed by atoms with Gasteiger partial charge in [0.1, 0.15) is 6.33 Å². The van der Waals surface area contributed by atoms with E-state index in [9.17, 15) is 9.90 Å². The van der Waals surface area contributed by atoms with Gasteiger partial charge < -0.3 is 20.2 Å². The average molecular weight is 434 g/mol. The molecule has 166 valence electrons. The van der Waals surface area contributed by atoms with Gasteiger partial charge in [-0.3, -0.25) is 9.36 Å². The maximum absolute atomic E-state index is 12.6. The number of aliphatic hydroxyl groups is 1. The molecular weight excluding hydrogens is 406 g/mol. The van der Waals surface area contributed by atoms with E-state index in [0.29, 0.717) is 30.4 Å². The molecule has 0 unspecified atom stereocenters. The number of rotatable bonds is 4. The second-order valence-electron chi connectivity index (χ2n) is 8.37. The summed E-state index contributed by atoms with van der Waals surface area (Å²) in [6, 6.07) is 11.9. The van der Waals surface area contributed by atoms with Gasteiger partial charge in [0.15, 0.2) is 0 Å². The van der Waals surface area contributed by atoms with E-state index in [1.54, 1.807) is 23.9 Å². The lowest BCUT2D eigenvalue weighted by Gasteiger charge is -2.35. The highest BCUT2D eigenvalue weighted by atomic mass is 16.3. The van der Waals surface area contributed by atoms with Crippen molar-refractivity contribution in [2.45, 2.75) is 18.6 Å². The van der Waals surface area contributed by atoms with E-state index in [1.807, 2.05) is 0 Å². The average Bonchev–Trinajstić information content (AvgIpc) is 3.28. The van der Waals surface area contributed by atoms with Gasteiger partial charge in [0.2, 0.25) is 5.95 Å². The number of hydrogen-bond donors (Lipinski definition) is 2. The SMILES string of the molecule is Cn1c(N2CCN[C@@H](c3ccc(N4CC[C@@H](O)C4)cc3)C2)nc(-c2ccncn2)cc1=O. The molecular formula is C23H27N7O2. The molecule has 32 heavy (non-hydrogen) atoms. The van der Waals surface area contributed by atoms with Crippen molar-refractivity contribution in [3.63, 3.8) is 0 Å². The zero-order valence-electron chi connectivity index (χ0n) is 18.1. The molecule has 9 nitrogen and oxygen atoms in total. The van der Waals surface area contributed by atoms with E-state index in [-0.39, 0.29) is 17.7 Å². The summed E-state index contributed by atoms with van der Waals surface area (Å²) < 4.78 is 1.59. The summed E-state index contributed by atoms with van der Waals surface area (Å²) in [7, 11) is 1.75. The molecule has 2 atom stereocenters. The second kappa shape index (κ2) is 8.68. The van der Waals surface area contributed by atoms with Crippen LogP contribution in [0.5, 0.6) is 0 Å². The fraction of sp³-hybridized carbons (Fsp3) is 0.391. The number of piperazine rings is 1. The maximum atomic E-state index is 12.6. The van der Waals surface area contributed by atoms with Crippen molar-refractivity contribution in [1.29, 1.82) is 0 Å². The molecule has 0 spiro atoms. The van der Waals surface area contributed by atoms with Crippen LogP contribution in [0.1, 0.15) is 18.0 Å². The van der Waals surface area contributed by atoms with Crippen molar-refractivity contribution >= 4 is 11.6 Å². The number of aromatic nitrogens is 4. The van der Waals surface area contributed by atoms with Crippen LogP contribution in [-0.2, 0) is 7.05 Å². The van der Waals surface area contributed by atoms with Gasteiger partial charge in [-0.1, -0.05) is 12.1 Å². The minimum atomic E-state index is -0.236. The molecule has 1 aromatic carbocycles. The lowest BCUT2D eigenvalue weighted by Crippen LogP contribution is -2.47. The standard InChI is InChI=1S/C23H27N7O2/c1-28-22(32)12-20(19-6-8-24-15-26-19)27-23(28)30-11-9-25-21(14-30)16-2-4-17(5-3-16)29-10-7-18(31)13-29/h2-6,8,12,15,18,21,25,31H,7,9-11,13-14H2,1H3/t18-,21-/m1/s1. The first kappa shape index (κ1) is 20.6. The van der Waals surface area contributed by atoms with E-state index in [4.69, 9.17) is 4.98 Å². The molecule has 0 radical (unpaired) electrons. The van der Waals surface area contributed by atoms with Crippen LogP contribution >= 0.6 is 0 Å². The van der Waals surface area contributed by atoms with Crippen molar-refractivity contribution in [3.05, 3.63) is 64.8 Å². The Balaban J connectivity index is 1.37. The fourth-order valence-electron chi connectivity index (χ4n) is 4.43. The van der Waals surface area contributed by atoms with Crippen LogP contribution < -0.4 is 20.7 Å². The largest absolute Gasteiger partial charge is 0.391 e. The lowest BCUT2D eigenvalue weighted by atomic mass is 10.0. The van der Waals surface area contributed by atoms with E-state index in [2.05, 4.69) is 49.4 Å². The predicted molar refractivity (Wildman–Crippen MR) is 123 cm³/mol. The summed E-state index contributed by atoms with van der Waals surface area (Å²) >= 11 is 0. The zero-order valence-corrected chi connectivity index (χ0v) is 18.1. The normalized spacial score (nSPS) is 21.2. The van der Waals surface area contributed by atoms with E-state index in [1.165, 1.54) is 18.0 Å². The summed E-state index contributed by atoms with van der Waals surface area (Å²) in [5.74, 6) is 0.639. The Labute approximate surface area is 186 Å². The highest BCUT2D eigenvalue weighted by Gasteiger charge is 2.25. The van der Waals surface area contributed by atoms with Crippen LogP contribution in [0.25, 0.3) is 11.4 Å². The van der Waals surface area contributed by atoms with Crippen molar-refractivity contribution in [3.8, 4) is 11.4 Å². The Bertz CT molecular complexity index is 1130. The molecule has 3 aromatic rings. The van der Waals surface area contributed by atoms with Gasteiger partial charge in [-0.05, 0) is 30.2 Å². The van der Waals surface area contributed by atoms with E-state index < -0.39 is 0 Å². The van der Waals surface area contributed by atoms with Gasteiger partial charge in [-0.15, -0.1) is 0 Å². The van der Waals surface area contributed by atoms with Crippen molar-refractivity contribution in [2.24, 2.45) is 7.05 Å². The number of anilines is 2. The van der Waals surface area contributed by atoms with Crippen LogP contribution in [-0.4, -0.2) is 63.5 Å². The van der Waals surface area contributed by atoms with Crippen LogP contribution in [0.15, 0.2) is 53.7 Å². The zero-order chi connectivity index (χ0) is 22.1. The summed E-state index contributed by atoms with van der Waals surface area (Å²) in [6.45, 7) is 3.83. The third-order valence-corrected chi connectivity index (χ3v) is 6.24. The number of β-amino-alcohol motifs (C(OH)–C–C–N with tert-alkyl or cyclic N) is 1. The fourth-order valence-corrected chi connectivity index (χ4v) is 4.43. The second-order valence-corrected chi connectivity index (χ2v) is 8.37. The van der Waals surface area contributed by atoms with Crippen LogP contribution in [0, 0.1) is 0 Å². The molecule has 2 saturated heterocycles. The van der Waals surface area contributed by atoms with Crippen LogP contribution in [0.3, 0.4) is 0 Å². The number of nitrogens with one attached hydrogen (secondary N) is 1. The quantitative estimate of drug-likeness (QED) is 0.628. The molecule has 2 aromatic heterocycles. The van der Waals surface area contributed by atoms with Gasteiger partial charge in [0, 0.05) is 63.8 Å². The molecule has 2 N–H and O–H groups in total. The molecule has 2 aliphatic heterocycles. The van der Waals surface area contributed by atoms with Crippen molar-refractivity contribution in [1.82, 2.24) is 24.8 Å². The third kappa shape index (κ3) is 4.09. The maximum Gasteiger partial charge on any atom is 0.255 e. The number of nitrogens with zero attached hydrogens (tertiary/aromatic N) is 6. The smallest absolute Gasteiger partial charge is 0.255 e. The first-order valence-electron chi connectivity index (χ1n) is 10.9. The van der Waals surface area contributed by atoms with Gasteiger partial charge in [0.25, 0.3) is 5.56 Å². The van der Waals surface area contributed by atoms with Crippen LogP contribution in [0.4, 0.5) is 11.6 Å². The van der Waals surface area contributed by atoms with Gasteiger partial charge in [0.05, 0.1) is 17.5 Å². The summed E-state index contributed by atoms with van der Waals surface area (Å²) in [5.41, 5.74) is 3.40.